The van der Waals surface area contributed by atoms with Gasteiger partial charge in [0.15, 0.2) is 0 Å². The summed E-state index contributed by atoms with van der Waals surface area (Å²) in [5, 5.41) is 10.5. The molecule has 0 saturated carbocycles. The average Bonchev–Trinajstić information content (AvgIpc) is 2.89. The molecular formula is C14H19N5O2. The first-order chi connectivity index (χ1) is 10.1. The van der Waals surface area contributed by atoms with Crippen LogP contribution in [-0.2, 0) is 17.9 Å². The van der Waals surface area contributed by atoms with E-state index in [9.17, 15) is 4.79 Å². The van der Waals surface area contributed by atoms with Gasteiger partial charge in [0.25, 0.3) is 0 Å². The van der Waals surface area contributed by atoms with Crippen LogP contribution in [0.1, 0.15) is 18.2 Å². The summed E-state index contributed by atoms with van der Waals surface area (Å²) >= 11 is 0. The minimum absolute atomic E-state index is 0.0758. The summed E-state index contributed by atoms with van der Waals surface area (Å²) in [6, 6.07) is 5.63. The Balaban J connectivity index is 2.05. The summed E-state index contributed by atoms with van der Waals surface area (Å²) in [4.78, 5) is 12.0. The minimum Gasteiger partial charge on any atom is -0.492 e. The van der Waals surface area contributed by atoms with E-state index in [0.717, 1.165) is 5.56 Å². The van der Waals surface area contributed by atoms with E-state index in [-0.39, 0.29) is 12.5 Å². The highest BCUT2D eigenvalue weighted by Crippen LogP contribution is 2.25. The number of amides is 1. The molecule has 0 fully saturated rings. The molecule has 2 aromatic rings. The van der Waals surface area contributed by atoms with Gasteiger partial charge >= 0.3 is 0 Å². The number of rotatable bonds is 6. The number of hydrogen-bond donors (Lipinski definition) is 2. The van der Waals surface area contributed by atoms with Crippen molar-refractivity contribution in [3.8, 4) is 5.75 Å². The Morgan fingerprint density at radius 3 is 2.95 bits per heavy atom. The Labute approximate surface area is 123 Å². The molecule has 3 N–H and O–H groups in total. The third-order valence-electron chi connectivity index (χ3n) is 2.81. The zero-order valence-corrected chi connectivity index (χ0v) is 12.2. The maximum Gasteiger partial charge on any atom is 0.246 e. The highest BCUT2D eigenvalue weighted by molar-refractivity contribution is 5.92. The lowest BCUT2D eigenvalue weighted by atomic mass is 10.2. The van der Waals surface area contributed by atoms with E-state index in [2.05, 4.69) is 15.6 Å². The quantitative estimate of drug-likeness (QED) is 0.829. The van der Waals surface area contributed by atoms with E-state index >= 15 is 0 Å². The van der Waals surface area contributed by atoms with Crippen LogP contribution in [0.15, 0.2) is 24.4 Å². The number of hydrogen-bond acceptors (Lipinski definition) is 5. The molecule has 1 aromatic heterocycles. The van der Waals surface area contributed by atoms with Crippen LogP contribution in [-0.4, -0.2) is 27.5 Å². The van der Waals surface area contributed by atoms with Gasteiger partial charge in [0, 0.05) is 6.54 Å². The van der Waals surface area contributed by atoms with Crippen molar-refractivity contribution in [2.45, 2.75) is 26.9 Å². The Hall–Kier alpha value is -2.41. The van der Waals surface area contributed by atoms with Crippen LogP contribution < -0.4 is 15.8 Å². The molecule has 2 rings (SSSR count). The number of aryl methyl sites for hydroxylation is 1. The lowest BCUT2D eigenvalue weighted by molar-refractivity contribution is -0.116. The SMILES string of the molecule is CCOc1cc(C)ccc1NC(=O)Cn1cc(CN)nn1. The van der Waals surface area contributed by atoms with Gasteiger partial charge in [0.2, 0.25) is 5.91 Å². The van der Waals surface area contributed by atoms with Crippen LogP contribution in [0.2, 0.25) is 0 Å². The predicted molar refractivity (Wildman–Crippen MR) is 78.9 cm³/mol. The number of nitrogens with zero attached hydrogens (tertiary/aromatic N) is 3. The molecular weight excluding hydrogens is 270 g/mol. The van der Waals surface area contributed by atoms with E-state index < -0.39 is 0 Å². The molecule has 0 atom stereocenters. The van der Waals surface area contributed by atoms with Crippen LogP contribution >= 0.6 is 0 Å². The predicted octanol–water partition coefficient (Wildman–Crippen LogP) is 1.08. The summed E-state index contributed by atoms with van der Waals surface area (Å²) in [6.45, 7) is 4.78. The second-order valence-electron chi connectivity index (χ2n) is 4.59. The molecule has 0 bridgehead atoms. The van der Waals surface area contributed by atoms with Crippen LogP contribution in [0.3, 0.4) is 0 Å². The molecule has 0 saturated heterocycles. The van der Waals surface area contributed by atoms with Gasteiger partial charge in [-0.05, 0) is 31.5 Å². The summed E-state index contributed by atoms with van der Waals surface area (Å²) in [7, 11) is 0. The summed E-state index contributed by atoms with van der Waals surface area (Å²) in [5.41, 5.74) is 7.81. The van der Waals surface area contributed by atoms with Gasteiger partial charge in [0.05, 0.1) is 24.2 Å². The standard InChI is InChI=1S/C14H19N5O2/c1-3-21-13-6-10(2)4-5-12(13)16-14(20)9-19-8-11(7-15)17-18-19/h4-6,8H,3,7,9,15H2,1-2H3,(H,16,20). The number of benzene rings is 1. The zero-order chi connectivity index (χ0) is 15.2. The number of aromatic nitrogens is 3. The fourth-order valence-corrected chi connectivity index (χ4v) is 1.85. The molecule has 0 aliphatic carbocycles. The van der Waals surface area contributed by atoms with Crippen LogP contribution in [0, 0.1) is 6.92 Å². The topological polar surface area (TPSA) is 95.1 Å². The first-order valence-corrected chi connectivity index (χ1v) is 6.74. The molecule has 0 aliphatic heterocycles. The minimum atomic E-state index is -0.201. The average molecular weight is 289 g/mol. The molecule has 7 nitrogen and oxygen atoms in total. The number of nitrogens with two attached hydrogens (primary N) is 1. The Morgan fingerprint density at radius 2 is 2.29 bits per heavy atom. The largest absolute Gasteiger partial charge is 0.492 e. The van der Waals surface area contributed by atoms with Crippen molar-refractivity contribution in [3.05, 3.63) is 35.7 Å². The van der Waals surface area contributed by atoms with E-state index in [1.54, 1.807) is 6.20 Å². The van der Waals surface area contributed by atoms with Crippen LogP contribution in [0.25, 0.3) is 0 Å². The Morgan fingerprint density at radius 1 is 1.48 bits per heavy atom. The Kier molecular flexibility index (Phi) is 4.89. The van der Waals surface area contributed by atoms with Crippen molar-refractivity contribution in [2.24, 2.45) is 5.73 Å². The molecule has 1 heterocycles. The maximum absolute atomic E-state index is 12.0. The van der Waals surface area contributed by atoms with Gasteiger partial charge < -0.3 is 15.8 Å². The van der Waals surface area contributed by atoms with E-state index in [4.69, 9.17) is 10.5 Å². The molecule has 0 radical (unpaired) electrons. The molecule has 1 amide bonds. The molecule has 7 heteroatoms. The van der Waals surface area contributed by atoms with E-state index in [1.165, 1.54) is 4.68 Å². The third kappa shape index (κ3) is 4.03. The van der Waals surface area contributed by atoms with Crippen molar-refractivity contribution >= 4 is 11.6 Å². The lowest BCUT2D eigenvalue weighted by Crippen LogP contribution is -2.19. The molecule has 0 spiro atoms. The second-order valence-corrected chi connectivity index (χ2v) is 4.59. The van der Waals surface area contributed by atoms with Crippen molar-refractivity contribution in [1.29, 1.82) is 0 Å². The number of carbonyl (C=O) groups excluding carboxylic acids is 1. The highest BCUT2D eigenvalue weighted by atomic mass is 16.5. The fraction of sp³-hybridized carbons (Fsp3) is 0.357. The first-order valence-electron chi connectivity index (χ1n) is 6.74. The highest BCUT2D eigenvalue weighted by Gasteiger charge is 2.10. The van der Waals surface area contributed by atoms with E-state index in [1.807, 2.05) is 32.0 Å². The van der Waals surface area contributed by atoms with E-state index in [0.29, 0.717) is 30.3 Å². The number of carbonyl (C=O) groups is 1. The lowest BCUT2D eigenvalue weighted by Gasteiger charge is -2.12. The van der Waals surface area contributed by atoms with Crippen LogP contribution in [0.4, 0.5) is 5.69 Å². The molecule has 21 heavy (non-hydrogen) atoms. The van der Waals surface area contributed by atoms with Crippen LogP contribution in [0.5, 0.6) is 5.75 Å². The fourth-order valence-electron chi connectivity index (χ4n) is 1.85. The van der Waals surface area contributed by atoms with Crippen molar-refractivity contribution < 1.29 is 9.53 Å². The summed E-state index contributed by atoms with van der Waals surface area (Å²) in [5.74, 6) is 0.459. The third-order valence-corrected chi connectivity index (χ3v) is 2.81. The molecule has 0 unspecified atom stereocenters. The second kappa shape index (κ2) is 6.85. The zero-order valence-electron chi connectivity index (χ0n) is 12.2. The van der Waals surface area contributed by atoms with Crippen molar-refractivity contribution in [2.75, 3.05) is 11.9 Å². The maximum atomic E-state index is 12.0. The monoisotopic (exact) mass is 289 g/mol. The van der Waals surface area contributed by atoms with Gasteiger partial charge in [-0.15, -0.1) is 5.10 Å². The molecule has 112 valence electrons. The number of ether oxygens (including phenoxy) is 1. The number of anilines is 1. The first kappa shape index (κ1) is 15.0. The molecule has 1 aromatic carbocycles. The summed E-state index contributed by atoms with van der Waals surface area (Å²) in [6.07, 6.45) is 1.65. The van der Waals surface area contributed by atoms with Gasteiger partial charge in [-0.2, -0.15) is 0 Å². The van der Waals surface area contributed by atoms with Gasteiger partial charge in [-0.1, -0.05) is 11.3 Å². The van der Waals surface area contributed by atoms with Gasteiger partial charge in [0.1, 0.15) is 12.3 Å². The smallest absolute Gasteiger partial charge is 0.246 e. The number of nitrogens with one attached hydrogen (secondary N) is 1. The molecule has 0 aliphatic rings. The van der Waals surface area contributed by atoms with Crippen molar-refractivity contribution in [3.63, 3.8) is 0 Å². The Bertz CT molecular complexity index is 624. The normalized spacial score (nSPS) is 10.4. The van der Waals surface area contributed by atoms with Gasteiger partial charge in [-0.3, -0.25) is 4.79 Å². The van der Waals surface area contributed by atoms with Crippen molar-refractivity contribution in [1.82, 2.24) is 15.0 Å². The summed E-state index contributed by atoms with van der Waals surface area (Å²) < 4.78 is 6.97. The van der Waals surface area contributed by atoms with Gasteiger partial charge in [-0.25, -0.2) is 4.68 Å².